The monoisotopic (exact) mass is 1290 g/mol. The summed E-state index contributed by atoms with van der Waals surface area (Å²) in [4.78, 5) is 85.7. The van der Waals surface area contributed by atoms with Crippen molar-refractivity contribution in [2.45, 2.75) is 58.6 Å². The Hall–Kier alpha value is -11.4. The molecule has 0 aliphatic heterocycles. The minimum atomic E-state index is -4.80. The minimum absolute atomic E-state index is 0.00983. The predicted octanol–water partition coefficient (Wildman–Crippen LogP) is 10.9. The normalized spacial score (nSPS) is 11.9. The van der Waals surface area contributed by atoms with E-state index in [2.05, 4.69) is 87.1 Å². The highest BCUT2D eigenvalue weighted by molar-refractivity contribution is 7.15. The van der Waals surface area contributed by atoms with E-state index in [-0.39, 0.29) is 75.4 Å². The van der Waals surface area contributed by atoms with Crippen molar-refractivity contribution in [2.75, 3.05) is 31.9 Å². The molecule has 0 aliphatic rings. The van der Waals surface area contributed by atoms with Crippen LogP contribution in [0.25, 0.3) is 33.1 Å². The topological polar surface area (TPSA) is 312 Å². The third-order valence-electron chi connectivity index (χ3n) is 14.0. The average Bonchev–Trinajstić information content (AvgIpc) is 1.20. The van der Waals surface area contributed by atoms with E-state index in [1.54, 1.807) is 58.7 Å². The van der Waals surface area contributed by atoms with E-state index in [0.717, 1.165) is 12.1 Å². The van der Waals surface area contributed by atoms with Crippen LogP contribution in [0.1, 0.15) is 84.9 Å². The first-order valence-corrected chi connectivity index (χ1v) is 28.4. The maximum atomic E-state index is 13.9. The van der Waals surface area contributed by atoms with Gasteiger partial charge in [0.15, 0.2) is 33.7 Å². The molecule has 0 atom stereocenters. The molecule has 0 fully saturated rings. The summed E-state index contributed by atoms with van der Waals surface area (Å²) in [5.41, 5.74) is 4.02. The number of nitrogens with one attached hydrogen (secondary N) is 6. The Balaban J connectivity index is 0.867. The summed E-state index contributed by atoms with van der Waals surface area (Å²) >= 11 is 5.95. The average molecular weight is 1290 g/mol. The van der Waals surface area contributed by atoms with Crippen molar-refractivity contribution in [1.29, 1.82) is 0 Å². The summed E-state index contributed by atoms with van der Waals surface area (Å²) in [5.74, 6) is -0.494. The number of nitrogens with zero attached hydrogens (tertiary/aromatic N) is 15. The van der Waals surface area contributed by atoms with E-state index < -0.39 is 50.8 Å². The van der Waals surface area contributed by atoms with Gasteiger partial charge >= 0.3 is 12.4 Å². The highest BCUT2D eigenvalue weighted by Crippen LogP contribution is 2.38. The fourth-order valence-corrected chi connectivity index (χ4v) is 10.1. The van der Waals surface area contributed by atoms with Crippen LogP contribution in [0, 0.1) is 6.92 Å². The molecule has 6 N–H and O–H groups in total. The number of aryl methyl sites for hydroxylation is 1. The summed E-state index contributed by atoms with van der Waals surface area (Å²) in [7, 11) is 0. The molecule has 0 saturated heterocycles. The zero-order valence-electron chi connectivity index (χ0n) is 48.0. The molecule has 0 saturated carbocycles. The van der Waals surface area contributed by atoms with E-state index in [4.69, 9.17) is 26.1 Å². The molecular weight excluding hydrogens is 1250 g/mol. The molecule has 4 aromatic carbocycles. The minimum Gasteiger partial charge on any atom is -0.359 e. The first-order chi connectivity index (χ1) is 44.0. The van der Waals surface area contributed by atoms with Crippen LogP contribution in [0.5, 0.6) is 0 Å². The quantitative estimate of drug-likeness (QED) is 0.0387. The Morgan fingerprint density at radius 1 is 0.565 bits per heavy atom. The van der Waals surface area contributed by atoms with Crippen LogP contribution in [0.3, 0.4) is 0 Å². The van der Waals surface area contributed by atoms with Crippen LogP contribution in [-0.2, 0) is 30.9 Å². The standard InChI is InChI=1S/C59H42ClF6N21O4S/c1-29-5-6-30(52(88)77-35-11-12-37(60)36(16-35)58(61,62)63)13-38(29)78-50-47-42(19-68-24-72-47)86(27-75-50)22-34-10-8-32(54(90)82-56-84-83-55(92-56)59(64,65)66)15-40(34)80-51-48-43(20-69-25-73-48)87(28-76-51)21-33-9-7-31(53(89)81-45-17-44(91-85-45)57(2,3)4)14-39(33)79-49-46-41(70-26-74-49)18-67-23-71-46/h5-20,23-28H,21-22H2,1-4H3,(H4,70,74,77,79,81,82,84,85,88,89,90)/p+2. The SMILES string of the molecule is Cc1ccc(C(=O)Nc2ccc(Cl)c(C(F)(F)F)c2)cc1Nc1nc[n+](Cc2ccc(C(=O)Nc3nnc(C(F)(F)F)s3)cc2Nc2nc[n+](Cc3ccc(C(=O)Nc4cc(C(C)(C)C)on4)cc3Nc3ncnc4cncnc34)c3cncnc23)c2cncnc12. The van der Waals surface area contributed by atoms with E-state index in [9.17, 15) is 40.7 Å². The molecule has 0 spiro atoms. The van der Waals surface area contributed by atoms with E-state index in [1.165, 1.54) is 80.7 Å². The van der Waals surface area contributed by atoms with Crippen LogP contribution >= 0.6 is 22.9 Å². The number of amides is 3. The van der Waals surface area contributed by atoms with E-state index in [1.807, 2.05) is 20.8 Å². The molecular formula is C59H44ClF6N21O4S+2. The maximum Gasteiger partial charge on any atom is 0.445 e. The zero-order valence-corrected chi connectivity index (χ0v) is 49.6. The van der Waals surface area contributed by atoms with Crippen molar-refractivity contribution in [1.82, 2.24) is 65.2 Å². The molecule has 8 aromatic heterocycles. The maximum absolute atomic E-state index is 13.9. The van der Waals surface area contributed by atoms with Crippen LogP contribution in [0.15, 0.2) is 140 Å². The Kier molecular flexibility index (Phi) is 16.2. The van der Waals surface area contributed by atoms with Crippen molar-refractivity contribution < 1.29 is 54.4 Å². The summed E-state index contributed by atoms with van der Waals surface area (Å²) in [6.45, 7) is 7.73. The lowest BCUT2D eigenvalue weighted by Crippen LogP contribution is -2.37. The van der Waals surface area contributed by atoms with Crippen molar-refractivity contribution in [3.63, 3.8) is 0 Å². The van der Waals surface area contributed by atoms with Gasteiger partial charge in [-0.2, -0.15) is 26.3 Å². The van der Waals surface area contributed by atoms with Crippen LogP contribution in [0.2, 0.25) is 5.02 Å². The molecule has 8 heterocycles. The first-order valence-electron chi connectivity index (χ1n) is 27.2. The van der Waals surface area contributed by atoms with E-state index >= 15 is 0 Å². The Labute approximate surface area is 522 Å². The Morgan fingerprint density at radius 2 is 1.11 bits per heavy atom. The highest BCUT2D eigenvalue weighted by Gasteiger charge is 2.36. The number of hydrogen-bond donors (Lipinski definition) is 6. The van der Waals surface area contributed by atoms with Gasteiger partial charge in [0.1, 0.15) is 55.2 Å². The molecule has 12 aromatic rings. The number of carbonyl (C=O) groups is 3. The van der Waals surface area contributed by atoms with Gasteiger partial charge in [-0.1, -0.05) is 67.1 Å². The first kappa shape index (κ1) is 60.9. The third-order valence-corrected chi connectivity index (χ3v) is 15.2. The molecule has 0 radical (unpaired) electrons. The second-order valence-corrected chi connectivity index (χ2v) is 22.8. The molecule has 0 aliphatic carbocycles. The van der Waals surface area contributed by atoms with Crippen molar-refractivity contribution in [3.8, 4) is 0 Å². The number of rotatable bonds is 16. The third kappa shape index (κ3) is 13.2. The van der Waals surface area contributed by atoms with Crippen LogP contribution in [0.4, 0.5) is 77.5 Å². The Morgan fingerprint density at radius 3 is 1.68 bits per heavy atom. The molecule has 462 valence electrons. The number of aromatic nitrogens is 15. The number of fused-ring (bicyclic) bond motifs is 3. The number of benzene rings is 4. The predicted molar refractivity (Wildman–Crippen MR) is 323 cm³/mol. The summed E-state index contributed by atoms with van der Waals surface area (Å²) in [6, 6.07) is 18.9. The summed E-state index contributed by atoms with van der Waals surface area (Å²) < 4.78 is 90.5. The highest BCUT2D eigenvalue weighted by atomic mass is 35.5. The van der Waals surface area contributed by atoms with Crippen molar-refractivity contribution in [2.24, 2.45) is 0 Å². The fourth-order valence-electron chi connectivity index (χ4n) is 9.32. The Bertz CT molecular complexity index is 4890. The van der Waals surface area contributed by atoms with Gasteiger partial charge in [0, 0.05) is 62.0 Å². The van der Waals surface area contributed by atoms with Gasteiger partial charge in [0.05, 0.1) is 29.2 Å². The van der Waals surface area contributed by atoms with Gasteiger partial charge in [-0.15, -0.1) is 10.2 Å². The molecule has 3 amide bonds. The van der Waals surface area contributed by atoms with Gasteiger partial charge in [-0.3, -0.25) is 19.7 Å². The van der Waals surface area contributed by atoms with Gasteiger partial charge < -0.3 is 31.1 Å². The molecule has 25 nitrogen and oxygen atoms in total. The van der Waals surface area contributed by atoms with Crippen LogP contribution in [-0.4, -0.2) is 82.9 Å². The molecule has 92 heavy (non-hydrogen) atoms. The van der Waals surface area contributed by atoms with Crippen molar-refractivity contribution in [3.05, 3.63) is 190 Å². The molecule has 12 rings (SSSR count). The van der Waals surface area contributed by atoms with Crippen LogP contribution < -0.4 is 41.0 Å². The van der Waals surface area contributed by atoms with Gasteiger partial charge in [0.25, 0.3) is 42.0 Å². The van der Waals surface area contributed by atoms with E-state index in [0.29, 0.717) is 72.7 Å². The molecule has 33 heteroatoms. The smallest absolute Gasteiger partial charge is 0.359 e. The zero-order chi connectivity index (χ0) is 64.6. The number of hydrogen-bond acceptors (Lipinski definition) is 21. The second-order valence-electron chi connectivity index (χ2n) is 21.4. The summed E-state index contributed by atoms with van der Waals surface area (Å²) in [6.07, 6.45) is 3.42. The number of anilines is 9. The van der Waals surface area contributed by atoms with Gasteiger partial charge in [0.2, 0.25) is 10.1 Å². The number of halogens is 7. The lowest BCUT2D eigenvalue weighted by molar-refractivity contribution is -0.665. The summed E-state index contributed by atoms with van der Waals surface area (Å²) in [5, 5.41) is 26.1. The lowest BCUT2D eigenvalue weighted by Gasteiger charge is -2.15. The number of carbonyl (C=O) groups excluding carboxylic acids is 3. The van der Waals surface area contributed by atoms with Crippen molar-refractivity contribution >= 4 is 125 Å². The fraction of sp³-hybridized carbons (Fsp3) is 0.153. The van der Waals surface area contributed by atoms with Gasteiger partial charge in [-0.05, 0) is 77.1 Å². The largest absolute Gasteiger partial charge is 0.445 e. The van der Waals surface area contributed by atoms with Gasteiger partial charge in [-0.25, -0.2) is 49.0 Å². The second kappa shape index (κ2) is 24.5. The molecule has 0 bridgehead atoms. The molecule has 0 unspecified atom stereocenters. The number of alkyl halides is 6. The lowest BCUT2D eigenvalue weighted by atomic mass is 9.93.